The number of carboxylic acid groups (broad SMARTS) is 1. The fourth-order valence-corrected chi connectivity index (χ4v) is 3.95. The molecule has 2 saturated heterocycles. The highest BCUT2D eigenvalue weighted by Gasteiger charge is 2.67. The Hall–Kier alpha value is -2.22. The summed E-state index contributed by atoms with van der Waals surface area (Å²) in [6, 6.07) is 3.96. The summed E-state index contributed by atoms with van der Waals surface area (Å²) in [5, 5.41) is 18.8. The Morgan fingerprint density at radius 1 is 1.33 bits per heavy atom. The first-order chi connectivity index (χ1) is 11.4. The quantitative estimate of drug-likeness (QED) is 0.619. The molecule has 3 aliphatic heterocycles. The highest BCUT2D eigenvalue weighted by Crippen LogP contribution is 2.52. The molecule has 1 aromatic rings. The molecule has 24 heavy (non-hydrogen) atoms. The number of carbonyl (C=O) groups excluding carboxylic acids is 2. The van der Waals surface area contributed by atoms with E-state index in [1.807, 2.05) is 0 Å². The average molecular weight is 350 g/mol. The number of carbonyl (C=O) groups is 3. The van der Waals surface area contributed by atoms with Crippen LogP contribution >= 0.6 is 11.6 Å². The summed E-state index contributed by atoms with van der Waals surface area (Å²) in [6.07, 6.45) is 2.74. The van der Waals surface area contributed by atoms with Gasteiger partial charge in [-0.25, -0.2) is 9.69 Å². The van der Waals surface area contributed by atoms with Gasteiger partial charge in [-0.2, -0.15) is 0 Å². The zero-order valence-corrected chi connectivity index (χ0v) is 12.9. The van der Waals surface area contributed by atoms with E-state index >= 15 is 0 Å². The third kappa shape index (κ3) is 1.77. The molecule has 4 atom stereocenters. The molecule has 3 heterocycles. The van der Waals surface area contributed by atoms with E-state index in [4.69, 9.17) is 21.4 Å². The standard InChI is InChI=1S/C16H12ClNO6/c17-9-2-1-7(5-8(9)15(22)23)18-13(20)11-10-3-4-16(6-19,24-10)12(11)14(18)21/h1-5,10-12,19H,6H2,(H,22,23)/t10-,11-,12+,16-/m1/s1. The van der Waals surface area contributed by atoms with Crippen molar-refractivity contribution in [2.24, 2.45) is 11.8 Å². The van der Waals surface area contributed by atoms with Crippen molar-refractivity contribution >= 4 is 35.1 Å². The van der Waals surface area contributed by atoms with Crippen LogP contribution in [0.5, 0.6) is 0 Å². The fraction of sp³-hybridized carbons (Fsp3) is 0.312. The van der Waals surface area contributed by atoms with Gasteiger partial charge in [-0.15, -0.1) is 0 Å². The maximum Gasteiger partial charge on any atom is 0.337 e. The maximum absolute atomic E-state index is 12.8. The Morgan fingerprint density at radius 3 is 2.75 bits per heavy atom. The van der Waals surface area contributed by atoms with Crippen molar-refractivity contribution in [3.05, 3.63) is 40.9 Å². The van der Waals surface area contributed by atoms with Gasteiger partial charge in [0.15, 0.2) is 0 Å². The van der Waals surface area contributed by atoms with Crippen LogP contribution in [0.2, 0.25) is 5.02 Å². The van der Waals surface area contributed by atoms with Gasteiger partial charge in [0.2, 0.25) is 11.8 Å². The van der Waals surface area contributed by atoms with Crippen molar-refractivity contribution in [3.8, 4) is 0 Å². The van der Waals surface area contributed by atoms with E-state index in [1.165, 1.54) is 18.2 Å². The Balaban J connectivity index is 1.77. The molecule has 4 rings (SSSR count). The smallest absolute Gasteiger partial charge is 0.337 e. The number of carboxylic acids is 1. The summed E-state index contributed by atoms with van der Waals surface area (Å²) >= 11 is 5.84. The van der Waals surface area contributed by atoms with E-state index in [0.717, 1.165) is 4.90 Å². The molecule has 124 valence electrons. The van der Waals surface area contributed by atoms with Crippen molar-refractivity contribution < 1.29 is 29.3 Å². The van der Waals surface area contributed by atoms with Crippen molar-refractivity contribution in [1.29, 1.82) is 0 Å². The monoisotopic (exact) mass is 349 g/mol. The van der Waals surface area contributed by atoms with E-state index in [2.05, 4.69) is 0 Å². The lowest BCUT2D eigenvalue weighted by Crippen LogP contribution is -2.43. The highest BCUT2D eigenvalue weighted by molar-refractivity contribution is 6.34. The molecule has 0 aromatic heterocycles. The molecule has 1 aromatic carbocycles. The van der Waals surface area contributed by atoms with E-state index in [-0.39, 0.29) is 16.3 Å². The topological polar surface area (TPSA) is 104 Å². The number of rotatable bonds is 3. The average Bonchev–Trinajstić information content (AvgIpc) is 3.19. The van der Waals surface area contributed by atoms with Crippen LogP contribution in [-0.4, -0.2) is 46.3 Å². The van der Waals surface area contributed by atoms with Crippen LogP contribution in [0.4, 0.5) is 5.69 Å². The van der Waals surface area contributed by atoms with Gasteiger partial charge in [0, 0.05) is 0 Å². The lowest BCUT2D eigenvalue weighted by Gasteiger charge is -2.26. The number of ether oxygens (including phenoxy) is 1. The molecule has 0 unspecified atom stereocenters. The SMILES string of the molecule is O=C(O)c1cc(N2C(=O)[C@H]3[C@@H](C2=O)[C@]2(CO)C=C[C@H]3O2)ccc1Cl. The molecule has 2 bridgehead atoms. The number of amides is 2. The summed E-state index contributed by atoms with van der Waals surface area (Å²) in [6.45, 7) is -0.408. The third-order valence-electron chi connectivity index (χ3n) is 4.84. The Morgan fingerprint density at radius 2 is 2.08 bits per heavy atom. The van der Waals surface area contributed by atoms with Crippen LogP contribution in [0.3, 0.4) is 0 Å². The minimum Gasteiger partial charge on any atom is -0.478 e. The van der Waals surface area contributed by atoms with Gasteiger partial charge in [-0.05, 0) is 18.2 Å². The number of hydrogen-bond acceptors (Lipinski definition) is 5. The second kappa shape index (κ2) is 4.89. The van der Waals surface area contributed by atoms with Gasteiger partial charge in [0.05, 0.1) is 40.8 Å². The summed E-state index contributed by atoms with van der Waals surface area (Å²) in [4.78, 5) is 37.7. The van der Waals surface area contributed by atoms with Gasteiger partial charge in [0.1, 0.15) is 5.60 Å². The molecule has 0 saturated carbocycles. The lowest BCUT2D eigenvalue weighted by molar-refractivity contribution is -0.128. The molecule has 2 N–H and O–H groups in total. The molecule has 0 spiro atoms. The van der Waals surface area contributed by atoms with Crippen LogP contribution in [0.25, 0.3) is 0 Å². The number of halogens is 1. The predicted octanol–water partition coefficient (Wildman–Crippen LogP) is 0.843. The minimum atomic E-state index is -1.25. The van der Waals surface area contributed by atoms with Gasteiger partial charge in [-0.1, -0.05) is 23.8 Å². The first-order valence-corrected chi connectivity index (χ1v) is 7.66. The van der Waals surface area contributed by atoms with Crippen molar-refractivity contribution in [3.63, 3.8) is 0 Å². The molecule has 2 amide bonds. The fourth-order valence-electron chi connectivity index (χ4n) is 3.75. The zero-order chi connectivity index (χ0) is 17.2. The van der Waals surface area contributed by atoms with Crippen LogP contribution in [0.15, 0.2) is 30.4 Å². The largest absolute Gasteiger partial charge is 0.478 e. The van der Waals surface area contributed by atoms with Crippen molar-refractivity contribution in [2.75, 3.05) is 11.5 Å². The van der Waals surface area contributed by atoms with E-state index in [9.17, 15) is 19.5 Å². The molecule has 3 aliphatic rings. The van der Waals surface area contributed by atoms with Crippen LogP contribution < -0.4 is 4.90 Å². The number of benzene rings is 1. The zero-order valence-electron chi connectivity index (χ0n) is 12.2. The predicted molar refractivity (Wildman–Crippen MR) is 81.7 cm³/mol. The number of aliphatic hydroxyl groups is 1. The molecule has 0 aliphatic carbocycles. The third-order valence-corrected chi connectivity index (χ3v) is 5.17. The molecule has 8 heteroatoms. The lowest BCUT2D eigenvalue weighted by atomic mass is 9.77. The van der Waals surface area contributed by atoms with E-state index < -0.39 is 47.9 Å². The molecular formula is C16H12ClNO6. The Labute approximate surface area is 141 Å². The van der Waals surface area contributed by atoms with Crippen LogP contribution in [0, 0.1) is 11.8 Å². The highest BCUT2D eigenvalue weighted by atomic mass is 35.5. The number of hydrogen-bond donors (Lipinski definition) is 2. The molecule has 7 nitrogen and oxygen atoms in total. The molecular weight excluding hydrogens is 338 g/mol. The number of aromatic carboxylic acids is 1. The summed E-state index contributed by atoms with van der Waals surface area (Å²) < 4.78 is 5.64. The number of nitrogens with zero attached hydrogens (tertiary/aromatic N) is 1. The van der Waals surface area contributed by atoms with Gasteiger partial charge in [0.25, 0.3) is 0 Å². The molecule has 0 radical (unpaired) electrons. The summed E-state index contributed by atoms with van der Waals surface area (Å²) in [7, 11) is 0. The van der Waals surface area contributed by atoms with Gasteiger partial charge >= 0.3 is 5.97 Å². The van der Waals surface area contributed by atoms with Gasteiger partial charge < -0.3 is 14.9 Å². The second-order valence-electron chi connectivity index (χ2n) is 6.04. The van der Waals surface area contributed by atoms with Gasteiger partial charge in [-0.3, -0.25) is 9.59 Å². The maximum atomic E-state index is 12.8. The second-order valence-corrected chi connectivity index (χ2v) is 6.45. The van der Waals surface area contributed by atoms with Crippen molar-refractivity contribution in [2.45, 2.75) is 11.7 Å². The number of aliphatic hydroxyl groups excluding tert-OH is 1. The van der Waals surface area contributed by atoms with Crippen LogP contribution in [0.1, 0.15) is 10.4 Å². The van der Waals surface area contributed by atoms with Crippen LogP contribution in [-0.2, 0) is 14.3 Å². The minimum absolute atomic E-state index is 0.0161. The summed E-state index contributed by atoms with van der Waals surface area (Å²) in [5.74, 6) is -3.75. The summed E-state index contributed by atoms with van der Waals surface area (Å²) in [5.41, 5.74) is -1.23. The molecule has 2 fully saturated rings. The first-order valence-electron chi connectivity index (χ1n) is 7.28. The Kier molecular flexibility index (Phi) is 3.12. The van der Waals surface area contributed by atoms with Crippen molar-refractivity contribution in [1.82, 2.24) is 0 Å². The number of imide groups is 1. The number of anilines is 1. The van der Waals surface area contributed by atoms with E-state index in [1.54, 1.807) is 12.2 Å². The first kappa shape index (κ1) is 15.3. The number of fused-ring (bicyclic) bond motifs is 5. The van der Waals surface area contributed by atoms with E-state index in [0.29, 0.717) is 0 Å². The normalized spacial score (nSPS) is 33.4. The Bertz CT molecular complexity index is 821.